The molecule has 3 unspecified atom stereocenters. The first-order valence-corrected chi connectivity index (χ1v) is 7.79. The Hall–Kier alpha value is -0.130. The van der Waals surface area contributed by atoms with Crippen molar-refractivity contribution in [3.63, 3.8) is 0 Å². The summed E-state index contributed by atoms with van der Waals surface area (Å²) >= 11 is 0. The fourth-order valence-electron chi connectivity index (χ4n) is 3.29. The molecule has 0 aliphatic carbocycles. The molecule has 4 nitrogen and oxygen atoms in total. The minimum Gasteiger partial charge on any atom is -0.378 e. The highest BCUT2D eigenvalue weighted by atomic mass is 32.2. The van der Waals surface area contributed by atoms with Gasteiger partial charge in [-0.3, -0.25) is 0 Å². The van der Waals surface area contributed by atoms with Crippen molar-refractivity contribution >= 4 is 9.84 Å². The summed E-state index contributed by atoms with van der Waals surface area (Å²) in [7, 11) is -0.869. The molecule has 2 saturated heterocycles. The van der Waals surface area contributed by atoms with Gasteiger partial charge in [-0.2, -0.15) is 0 Å². The van der Waals surface area contributed by atoms with E-state index in [0.717, 1.165) is 26.0 Å². The summed E-state index contributed by atoms with van der Waals surface area (Å²) in [6.07, 6.45) is 1.95. The molecule has 2 rings (SSSR count). The van der Waals surface area contributed by atoms with Crippen molar-refractivity contribution in [2.24, 2.45) is 11.3 Å². The number of rotatable bonds is 3. The van der Waals surface area contributed by atoms with Gasteiger partial charge in [0.05, 0.1) is 17.6 Å². The van der Waals surface area contributed by atoms with Gasteiger partial charge in [-0.15, -0.1) is 0 Å². The summed E-state index contributed by atoms with van der Waals surface area (Å²) in [5.41, 5.74) is 0.0261. The SMILES string of the molecule is CNCC1(C2CCS(=O)(=O)C2)CCOC1C. The monoisotopic (exact) mass is 247 g/mol. The van der Waals surface area contributed by atoms with Crippen molar-refractivity contribution in [2.45, 2.75) is 25.9 Å². The average molecular weight is 247 g/mol. The minimum atomic E-state index is -2.80. The molecule has 0 aromatic heterocycles. The van der Waals surface area contributed by atoms with Gasteiger partial charge in [0.2, 0.25) is 0 Å². The molecule has 2 aliphatic rings. The first kappa shape index (κ1) is 12.3. The Bertz CT molecular complexity index is 354. The number of hydrogen-bond acceptors (Lipinski definition) is 4. The molecule has 0 radical (unpaired) electrons. The van der Waals surface area contributed by atoms with Gasteiger partial charge in [0.1, 0.15) is 0 Å². The third-order valence-electron chi connectivity index (χ3n) is 4.30. The zero-order chi connectivity index (χ0) is 11.8. The molecule has 0 amide bonds. The van der Waals surface area contributed by atoms with Crippen LogP contribution in [-0.2, 0) is 14.6 Å². The van der Waals surface area contributed by atoms with E-state index in [-0.39, 0.29) is 17.4 Å². The Morgan fingerprint density at radius 1 is 1.50 bits per heavy atom. The van der Waals surface area contributed by atoms with E-state index >= 15 is 0 Å². The van der Waals surface area contributed by atoms with E-state index in [1.54, 1.807) is 0 Å². The summed E-state index contributed by atoms with van der Waals surface area (Å²) < 4.78 is 28.8. The van der Waals surface area contributed by atoms with Crippen molar-refractivity contribution in [3.05, 3.63) is 0 Å². The van der Waals surface area contributed by atoms with Crippen molar-refractivity contribution in [1.82, 2.24) is 5.32 Å². The Kier molecular flexibility index (Phi) is 3.29. The lowest BCUT2D eigenvalue weighted by Gasteiger charge is -2.37. The smallest absolute Gasteiger partial charge is 0.150 e. The zero-order valence-corrected chi connectivity index (χ0v) is 10.8. The summed E-state index contributed by atoms with van der Waals surface area (Å²) in [6.45, 7) is 3.70. The number of hydrogen-bond donors (Lipinski definition) is 1. The summed E-state index contributed by atoms with van der Waals surface area (Å²) in [5, 5.41) is 3.21. The molecule has 2 heterocycles. The molecule has 16 heavy (non-hydrogen) atoms. The van der Waals surface area contributed by atoms with Crippen LogP contribution in [0.25, 0.3) is 0 Å². The maximum atomic E-state index is 11.6. The van der Waals surface area contributed by atoms with E-state index in [2.05, 4.69) is 12.2 Å². The molecule has 0 spiro atoms. The Morgan fingerprint density at radius 3 is 2.69 bits per heavy atom. The van der Waals surface area contributed by atoms with Gasteiger partial charge in [0.25, 0.3) is 0 Å². The zero-order valence-electron chi connectivity index (χ0n) is 10.0. The second kappa shape index (κ2) is 4.27. The first-order valence-electron chi connectivity index (χ1n) is 5.97. The standard InChI is InChI=1S/C11H21NO3S/c1-9-11(8-12-2,4-5-15-9)10-3-6-16(13,14)7-10/h9-10,12H,3-8H2,1-2H3. The largest absolute Gasteiger partial charge is 0.378 e. The summed E-state index contributed by atoms with van der Waals surface area (Å²) in [4.78, 5) is 0. The number of ether oxygens (including phenoxy) is 1. The van der Waals surface area contributed by atoms with Gasteiger partial charge in [-0.1, -0.05) is 0 Å². The second-order valence-electron chi connectivity index (χ2n) is 5.13. The van der Waals surface area contributed by atoms with Gasteiger partial charge >= 0.3 is 0 Å². The van der Waals surface area contributed by atoms with E-state index in [4.69, 9.17) is 4.74 Å². The van der Waals surface area contributed by atoms with E-state index < -0.39 is 9.84 Å². The van der Waals surface area contributed by atoms with Crippen LogP contribution in [0.4, 0.5) is 0 Å². The molecule has 0 bridgehead atoms. The fraction of sp³-hybridized carbons (Fsp3) is 1.00. The third-order valence-corrected chi connectivity index (χ3v) is 6.06. The predicted molar refractivity (Wildman–Crippen MR) is 63.2 cm³/mol. The van der Waals surface area contributed by atoms with Gasteiger partial charge in [-0.05, 0) is 32.7 Å². The van der Waals surface area contributed by atoms with Crippen LogP contribution in [0.1, 0.15) is 19.8 Å². The van der Waals surface area contributed by atoms with Gasteiger partial charge in [0, 0.05) is 18.6 Å². The lowest BCUT2D eigenvalue weighted by Crippen LogP contribution is -2.45. The van der Waals surface area contributed by atoms with Crippen LogP contribution in [0.3, 0.4) is 0 Å². The summed E-state index contributed by atoms with van der Waals surface area (Å²) in [6, 6.07) is 0. The average Bonchev–Trinajstić information content (AvgIpc) is 2.73. The summed E-state index contributed by atoms with van der Waals surface area (Å²) in [5.74, 6) is 0.973. The van der Waals surface area contributed by atoms with Gasteiger partial charge < -0.3 is 10.1 Å². The maximum absolute atomic E-state index is 11.6. The Labute approximate surface area is 97.7 Å². The van der Waals surface area contributed by atoms with E-state index in [0.29, 0.717) is 11.5 Å². The van der Waals surface area contributed by atoms with Gasteiger partial charge in [0.15, 0.2) is 9.84 Å². The van der Waals surface area contributed by atoms with Crippen molar-refractivity contribution in [3.8, 4) is 0 Å². The molecule has 0 aromatic rings. The highest BCUT2D eigenvalue weighted by Gasteiger charge is 2.50. The van der Waals surface area contributed by atoms with Crippen molar-refractivity contribution < 1.29 is 13.2 Å². The highest BCUT2D eigenvalue weighted by molar-refractivity contribution is 7.91. The Morgan fingerprint density at radius 2 is 2.25 bits per heavy atom. The molecule has 2 aliphatic heterocycles. The van der Waals surface area contributed by atoms with E-state index in [1.165, 1.54) is 0 Å². The molecule has 1 N–H and O–H groups in total. The van der Waals surface area contributed by atoms with Crippen LogP contribution in [0.15, 0.2) is 0 Å². The molecular weight excluding hydrogens is 226 g/mol. The van der Waals surface area contributed by atoms with Crippen LogP contribution >= 0.6 is 0 Å². The topological polar surface area (TPSA) is 55.4 Å². The normalized spacial score (nSPS) is 42.6. The van der Waals surface area contributed by atoms with Crippen LogP contribution in [0.5, 0.6) is 0 Å². The molecule has 0 saturated carbocycles. The third kappa shape index (κ3) is 2.00. The Balaban J connectivity index is 2.20. The maximum Gasteiger partial charge on any atom is 0.150 e. The van der Waals surface area contributed by atoms with Gasteiger partial charge in [-0.25, -0.2) is 8.42 Å². The van der Waals surface area contributed by atoms with Crippen LogP contribution in [0, 0.1) is 11.3 Å². The fourth-order valence-corrected chi connectivity index (χ4v) is 5.21. The second-order valence-corrected chi connectivity index (χ2v) is 7.36. The molecule has 5 heteroatoms. The number of nitrogens with one attached hydrogen (secondary N) is 1. The molecular formula is C11H21NO3S. The first-order chi connectivity index (χ1) is 7.50. The lowest BCUT2D eigenvalue weighted by atomic mass is 9.70. The molecule has 2 fully saturated rings. The quantitative estimate of drug-likeness (QED) is 0.786. The molecule has 0 aromatic carbocycles. The van der Waals surface area contributed by atoms with E-state index in [9.17, 15) is 8.42 Å². The highest BCUT2D eigenvalue weighted by Crippen LogP contribution is 2.45. The molecule has 94 valence electrons. The van der Waals surface area contributed by atoms with Crippen LogP contribution in [0.2, 0.25) is 0 Å². The lowest BCUT2D eigenvalue weighted by molar-refractivity contribution is 0.0356. The van der Waals surface area contributed by atoms with Crippen molar-refractivity contribution in [1.29, 1.82) is 0 Å². The minimum absolute atomic E-state index is 0.0261. The van der Waals surface area contributed by atoms with Crippen LogP contribution < -0.4 is 5.32 Å². The number of sulfone groups is 1. The predicted octanol–water partition coefficient (Wildman–Crippen LogP) is 0.436. The van der Waals surface area contributed by atoms with E-state index in [1.807, 2.05) is 7.05 Å². The molecule has 3 atom stereocenters. The van der Waals surface area contributed by atoms with Crippen LogP contribution in [-0.4, -0.2) is 46.2 Å². The van der Waals surface area contributed by atoms with Crippen molar-refractivity contribution in [2.75, 3.05) is 31.7 Å².